The summed E-state index contributed by atoms with van der Waals surface area (Å²) in [4.78, 5) is 32.7. The molecule has 3 aliphatic rings. The number of pyridine rings is 1. The number of aromatic nitrogens is 1. The molecule has 4 heterocycles. The number of carbonyl (C=O) groups excluding carboxylic acids is 2. The van der Waals surface area contributed by atoms with E-state index in [4.69, 9.17) is 9.15 Å². The number of ether oxygens (including phenoxy) is 1. The molecule has 0 radical (unpaired) electrons. The largest absolute Gasteiger partial charge is 0.449 e. The van der Waals surface area contributed by atoms with E-state index in [0.717, 1.165) is 24.9 Å². The van der Waals surface area contributed by atoms with Crippen molar-refractivity contribution in [1.82, 2.24) is 20.1 Å². The van der Waals surface area contributed by atoms with Gasteiger partial charge in [-0.3, -0.25) is 9.78 Å². The molecular weight excluding hydrogens is 360 g/mol. The van der Waals surface area contributed by atoms with Crippen LogP contribution in [0.25, 0.3) is 11.0 Å². The van der Waals surface area contributed by atoms with Crippen molar-refractivity contribution in [2.24, 2.45) is 17.8 Å². The van der Waals surface area contributed by atoms with E-state index in [-0.39, 0.29) is 11.9 Å². The molecule has 2 atom stereocenters. The molecule has 0 aromatic carbocycles. The van der Waals surface area contributed by atoms with Crippen LogP contribution in [-0.2, 0) is 4.74 Å². The van der Waals surface area contributed by atoms with Crippen LogP contribution in [-0.4, -0.2) is 72.7 Å². The van der Waals surface area contributed by atoms with Crippen LogP contribution in [0.5, 0.6) is 0 Å². The minimum absolute atomic E-state index is 0.155. The summed E-state index contributed by atoms with van der Waals surface area (Å²) in [5.74, 6) is 1.90. The zero-order chi connectivity index (χ0) is 19.1. The van der Waals surface area contributed by atoms with Crippen molar-refractivity contribution in [1.29, 1.82) is 0 Å². The van der Waals surface area contributed by atoms with Gasteiger partial charge < -0.3 is 24.3 Å². The molecule has 148 valence electrons. The number of hydrogen-bond acceptors (Lipinski definition) is 5. The van der Waals surface area contributed by atoms with E-state index in [1.54, 1.807) is 18.5 Å². The van der Waals surface area contributed by atoms with Crippen LogP contribution in [0.4, 0.5) is 4.79 Å². The molecule has 2 aliphatic heterocycles. The van der Waals surface area contributed by atoms with Gasteiger partial charge in [-0.15, -0.1) is 0 Å². The zero-order valence-corrected chi connectivity index (χ0v) is 15.7. The summed E-state index contributed by atoms with van der Waals surface area (Å²) in [6.45, 7) is 4.97. The lowest BCUT2D eigenvalue weighted by Crippen LogP contribution is -2.48. The average molecular weight is 384 g/mol. The van der Waals surface area contributed by atoms with Gasteiger partial charge in [0, 0.05) is 44.3 Å². The van der Waals surface area contributed by atoms with Gasteiger partial charge in [0.05, 0.1) is 19.4 Å². The zero-order valence-electron chi connectivity index (χ0n) is 15.7. The summed E-state index contributed by atoms with van der Waals surface area (Å²) in [5.41, 5.74) is 0.620. The molecule has 3 amide bonds. The first-order valence-corrected chi connectivity index (χ1v) is 9.94. The predicted molar refractivity (Wildman–Crippen MR) is 101 cm³/mol. The molecule has 28 heavy (non-hydrogen) atoms. The maximum absolute atomic E-state index is 12.5. The van der Waals surface area contributed by atoms with E-state index >= 15 is 0 Å². The number of hydrogen-bond donors (Lipinski definition) is 1. The predicted octanol–water partition coefficient (Wildman–Crippen LogP) is 1.58. The molecule has 2 saturated heterocycles. The molecule has 0 spiro atoms. The van der Waals surface area contributed by atoms with Crippen molar-refractivity contribution in [3.63, 3.8) is 0 Å². The fraction of sp³-hybridized carbons (Fsp3) is 0.550. The Labute approximate surface area is 162 Å². The number of fused-ring (bicyclic) bond motifs is 2. The number of urea groups is 1. The highest BCUT2D eigenvalue weighted by atomic mass is 16.5. The van der Waals surface area contributed by atoms with Crippen LogP contribution in [0.1, 0.15) is 17.0 Å². The van der Waals surface area contributed by atoms with Crippen LogP contribution in [0.2, 0.25) is 0 Å². The Hall–Kier alpha value is -2.61. The third-order valence-corrected chi connectivity index (χ3v) is 6.23. The summed E-state index contributed by atoms with van der Waals surface area (Å²) in [6, 6.07) is 3.72. The van der Waals surface area contributed by atoms with Crippen LogP contribution >= 0.6 is 0 Å². The van der Waals surface area contributed by atoms with Gasteiger partial charge >= 0.3 is 6.03 Å². The topological polar surface area (TPSA) is 87.9 Å². The number of morpholine rings is 1. The standard InChI is InChI=1S/C20H24N4O4/c25-19(17-9-13-1-3-21-10-18(13)28-17)22-4-2-14-15-11-24(12-16(14)15)20(26)23-5-7-27-8-6-23/h1,3,9-10,14-16H,2,4-8,11-12H2,(H,22,25). The number of nitrogens with one attached hydrogen (secondary N) is 1. The lowest BCUT2D eigenvalue weighted by Gasteiger charge is -2.32. The second-order valence-electron chi connectivity index (χ2n) is 7.85. The van der Waals surface area contributed by atoms with Crippen LogP contribution in [0.15, 0.2) is 28.9 Å². The smallest absolute Gasteiger partial charge is 0.320 e. The first kappa shape index (κ1) is 17.5. The van der Waals surface area contributed by atoms with Crippen molar-refractivity contribution in [3.8, 4) is 0 Å². The number of furan rings is 1. The molecule has 2 aromatic rings. The quantitative estimate of drug-likeness (QED) is 0.865. The second kappa shape index (κ2) is 7.09. The Kier molecular flexibility index (Phi) is 4.43. The molecule has 8 heteroatoms. The van der Waals surface area contributed by atoms with Crippen molar-refractivity contribution in [2.45, 2.75) is 6.42 Å². The van der Waals surface area contributed by atoms with E-state index in [1.165, 1.54) is 0 Å². The molecule has 1 aliphatic carbocycles. The number of carbonyl (C=O) groups is 2. The van der Waals surface area contributed by atoms with Crippen LogP contribution in [0.3, 0.4) is 0 Å². The number of piperidine rings is 1. The lowest BCUT2D eigenvalue weighted by molar-refractivity contribution is 0.0439. The first-order valence-electron chi connectivity index (χ1n) is 9.94. The van der Waals surface area contributed by atoms with E-state index in [9.17, 15) is 9.59 Å². The molecule has 5 rings (SSSR count). The van der Waals surface area contributed by atoms with E-state index in [1.807, 2.05) is 15.9 Å². The number of amides is 3. The van der Waals surface area contributed by atoms with E-state index in [0.29, 0.717) is 61.9 Å². The van der Waals surface area contributed by atoms with Gasteiger partial charge in [-0.25, -0.2) is 4.79 Å². The molecular formula is C20H24N4O4. The van der Waals surface area contributed by atoms with Crippen molar-refractivity contribution in [2.75, 3.05) is 45.9 Å². The number of rotatable bonds is 4. The summed E-state index contributed by atoms with van der Waals surface area (Å²) in [5, 5.41) is 3.83. The maximum atomic E-state index is 12.5. The second-order valence-corrected chi connectivity index (χ2v) is 7.85. The highest BCUT2D eigenvalue weighted by Gasteiger charge is 2.56. The van der Waals surface area contributed by atoms with Gasteiger partial charge in [0.2, 0.25) is 0 Å². The fourth-order valence-corrected chi connectivity index (χ4v) is 4.62. The average Bonchev–Trinajstić information content (AvgIpc) is 3.10. The third-order valence-electron chi connectivity index (χ3n) is 6.23. The SMILES string of the molecule is O=C(NCCC1C2CN(C(=O)N3CCOCC3)CC12)c1cc2ccncc2o1. The summed E-state index contributed by atoms with van der Waals surface area (Å²) in [6.07, 6.45) is 4.24. The van der Waals surface area contributed by atoms with Crippen molar-refractivity contribution in [3.05, 3.63) is 30.3 Å². The van der Waals surface area contributed by atoms with Gasteiger partial charge in [-0.1, -0.05) is 0 Å². The summed E-state index contributed by atoms with van der Waals surface area (Å²) >= 11 is 0. The maximum Gasteiger partial charge on any atom is 0.320 e. The van der Waals surface area contributed by atoms with Crippen LogP contribution < -0.4 is 5.32 Å². The third kappa shape index (κ3) is 3.22. The van der Waals surface area contributed by atoms with Gasteiger partial charge in [0.15, 0.2) is 11.3 Å². The van der Waals surface area contributed by atoms with Gasteiger partial charge in [0.1, 0.15) is 0 Å². The van der Waals surface area contributed by atoms with E-state index < -0.39 is 0 Å². The Bertz CT molecular complexity index is 846. The van der Waals surface area contributed by atoms with Gasteiger partial charge in [-0.2, -0.15) is 0 Å². The highest BCUT2D eigenvalue weighted by molar-refractivity contribution is 5.95. The Morgan fingerprint density at radius 2 is 1.96 bits per heavy atom. The van der Waals surface area contributed by atoms with Gasteiger partial charge in [-0.05, 0) is 36.3 Å². The van der Waals surface area contributed by atoms with Crippen molar-refractivity contribution < 1.29 is 18.7 Å². The number of likely N-dealkylation sites (tertiary alicyclic amines) is 1. The highest BCUT2D eigenvalue weighted by Crippen LogP contribution is 2.53. The molecule has 1 N–H and O–H groups in total. The fourth-order valence-electron chi connectivity index (χ4n) is 4.62. The minimum Gasteiger partial charge on any atom is -0.449 e. The molecule has 3 fully saturated rings. The van der Waals surface area contributed by atoms with E-state index in [2.05, 4.69) is 10.3 Å². The van der Waals surface area contributed by atoms with Crippen LogP contribution in [0, 0.1) is 17.8 Å². The first-order chi connectivity index (χ1) is 13.7. The minimum atomic E-state index is -0.189. The molecule has 2 aromatic heterocycles. The number of nitrogens with zero attached hydrogens (tertiary/aromatic N) is 3. The summed E-state index contributed by atoms with van der Waals surface area (Å²) in [7, 11) is 0. The van der Waals surface area contributed by atoms with Gasteiger partial charge in [0.25, 0.3) is 5.91 Å². The molecule has 1 saturated carbocycles. The summed E-state index contributed by atoms with van der Waals surface area (Å²) < 4.78 is 10.9. The lowest BCUT2D eigenvalue weighted by atomic mass is 10.2. The molecule has 8 nitrogen and oxygen atoms in total. The Morgan fingerprint density at radius 3 is 2.71 bits per heavy atom. The molecule has 2 unspecified atom stereocenters. The molecule has 0 bridgehead atoms. The van der Waals surface area contributed by atoms with Crippen molar-refractivity contribution >= 4 is 22.9 Å². The Morgan fingerprint density at radius 1 is 1.18 bits per heavy atom. The normalized spacial score (nSPS) is 26.4. The Balaban J connectivity index is 1.06. The monoisotopic (exact) mass is 384 g/mol.